The molecule has 0 unspecified atom stereocenters. The summed E-state index contributed by atoms with van der Waals surface area (Å²) in [5, 5.41) is 8.85. The lowest BCUT2D eigenvalue weighted by Crippen LogP contribution is -2.00. The van der Waals surface area contributed by atoms with Crippen molar-refractivity contribution in [2.45, 2.75) is 0 Å². The minimum atomic E-state index is 0.578. The molecule has 8 heteroatoms. The Kier molecular flexibility index (Phi) is 8.11. The fourth-order valence-corrected chi connectivity index (χ4v) is 9.49. The van der Waals surface area contributed by atoms with Gasteiger partial charge in [-0.25, -0.2) is 24.9 Å². The molecular formula is C59H34N6O2. The van der Waals surface area contributed by atoms with E-state index in [1.165, 1.54) is 10.8 Å². The average molecular weight is 859 g/mol. The van der Waals surface area contributed by atoms with E-state index in [0.29, 0.717) is 29.3 Å². The normalized spacial score (nSPS) is 11.9. The second-order valence-corrected chi connectivity index (χ2v) is 17.0. The van der Waals surface area contributed by atoms with Gasteiger partial charge >= 0.3 is 0 Å². The van der Waals surface area contributed by atoms with Gasteiger partial charge < -0.3 is 13.4 Å². The minimum Gasteiger partial charge on any atom is -0.436 e. The largest absolute Gasteiger partial charge is 0.436 e. The molecule has 67 heavy (non-hydrogen) atoms. The number of hydrogen-bond acceptors (Lipinski definition) is 7. The van der Waals surface area contributed by atoms with Gasteiger partial charge in [-0.15, -0.1) is 0 Å². The van der Waals surface area contributed by atoms with Gasteiger partial charge in [0.1, 0.15) is 11.0 Å². The van der Waals surface area contributed by atoms with Crippen LogP contribution >= 0.6 is 0 Å². The van der Waals surface area contributed by atoms with Crippen molar-refractivity contribution in [2.75, 3.05) is 0 Å². The Morgan fingerprint density at radius 1 is 0.299 bits per heavy atom. The number of aromatic nitrogens is 6. The quantitative estimate of drug-likeness (QED) is 0.164. The first-order valence-electron chi connectivity index (χ1n) is 22.2. The number of oxazole rings is 2. The number of benzene rings is 10. The Labute approximate surface area is 382 Å². The van der Waals surface area contributed by atoms with E-state index in [-0.39, 0.29) is 0 Å². The van der Waals surface area contributed by atoms with Crippen LogP contribution in [0.25, 0.3) is 139 Å². The van der Waals surface area contributed by atoms with Gasteiger partial charge in [-0.1, -0.05) is 103 Å². The highest BCUT2D eigenvalue weighted by molar-refractivity contribution is 6.14. The summed E-state index contributed by atoms with van der Waals surface area (Å²) in [6, 6.07) is 71.1. The van der Waals surface area contributed by atoms with Crippen LogP contribution in [0.4, 0.5) is 0 Å². The van der Waals surface area contributed by atoms with E-state index in [4.69, 9.17) is 33.8 Å². The number of nitrogens with zero attached hydrogens (tertiary/aromatic N) is 6. The summed E-state index contributed by atoms with van der Waals surface area (Å²) in [6.07, 6.45) is 0. The van der Waals surface area contributed by atoms with Crippen molar-refractivity contribution in [1.82, 2.24) is 29.5 Å². The van der Waals surface area contributed by atoms with Gasteiger partial charge in [-0.3, -0.25) is 0 Å². The molecule has 4 heterocycles. The van der Waals surface area contributed by atoms with E-state index in [1.54, 1.807) is 0 Å². The maximum atomic E-state index is 6.12. The van der Waals surface area contributed by atoms with Gasteiger partial charge in [0.25, 0.3) is 0 Å². The highest BCUT2D eigenvalue weighted by Gasteiger charge is 2.19. The highest BCUT2D eigenvalue weighted by Crippen LogP contribution is 2.38. The zero-order valence-electron chi connectivity index (χ0n) is 35.6. The summed E-state index contributed by atoms with van der Waals surface area (Å²) >= 11 is 0. The van der Waals surface area contributed by atoms with Crippen LogP contribution in [-0.4, -0.2) is 29.5 Å². The van der Waals surface area contributed by atoms with Gasteiger partial charge in [0, 0.05) is 44.3 Å². The van der Waals surface area contributed by atoms with Crippen molar-refractivity contribution in [2.24, 2.45) is 0 Å². The van der Waals surface area contributed by atoms with Crippen molar-refractivity contribution in [3.63, 3.8) is 0 Å². The predicted octanol–water partition coefficient (Wildman–Crippen LogP) is 15.0. The maximum absolute atomic E-state index is 6.12. The van der Waals surface area contributed by atoms with Crippen LogP contribution < -0.4 is 0 Å². The summed E-state index contributed by atoms with van der Waals surface area (Å²) in [6.45, 7) is 0. The summed E-state index contributed by atoms with van der Waals surface area (Å²) in [5.41, 5.74) is 11.0. The van der Waals surface area contributed by atoms with Gasteiger partial charge in [0.15, 0.2) is 28.6 Å². The topological polar surface area (TPSA) is 95.7 Å². The van der Waals surface area contributed by atoms with E-state index < -0.39 is 0 Å². The molecule has 0 N–H and O–H groups in total. The molecular weight excluding hydrogens is 825 g/mol. The first-order valence-corrected chi connectivity index (χ1v) is 22.2. The Morgan fingerprint density at radius 2 is 0.716 bits per heavy atom. The molecule has 0 radical (unpaired) electrons. The van der Waals surface area contributed by atoms with Crippen LogP contribution in [0.15, 0.2) is 215 Å². The molecule has 8 nitrogen and oxygen atoms in total. The maximum Gasteiger partial charge on any atom is 0.227 e. The first-order chi connectivity index (χ1) is 33.1. The molecule has 14 aromatic rings. The highest BCUT2D eigenvalue weighted by atomic mass is 16.4. The number of fused-ring (bicyclic) bond motifs is 8. The van der Waals surface area contributed by atoms with Crippen molar-refractivity contribution in [3.05, 3.63) is 206 Å². The lowest BCUT2D eigenvalue weighted by Gasteiger charge is -2.11. The molecule has 0 aliphatic carbocycles. The van der Waals surface area contributed by atoms with E-state index in [1.807, 2.05) is 48.5 Å². The van der Waals surface area contributed by atoms with E-state index in [9.17, 15) is 0 Å². The molecule has 0 bridgehead atoms. The molecule has 0 atom stereocenters. The van der Waals surface area contributed by atoms with E-state index >= 15 is 0 Å². The second kappa shape index (κ2) is 14.6. The molecule has 0 aliphatic rings. The Morgan fingerprint density at radius 3 is 1.27 bits per heavy atom. The van der Waals surface area contributed by atoms with Crippen molar-refractivity contribution < 1.29 is 8.83 Å². The Balaban J connectivity index is 0.920. The zero-order valence-corrected chi connectivity index (χ0v) is 35.6. The number of rotatable bonds is 6. The monoisotopic (exact) mass is 858 g/mol. The molecule has 0 aliphatic heterocycles. The van der Waals surface area contributed by atoms with Crippen LogP contribution in [-0.2, 0) is 0 Å². The first kappa shape index (κ1) is 37.1. The minimum absolute atomic E-state index is 0.578. The fraction of sp³-hybridized carbons (Fsp3) is 0. The molecule has 0 spiro atoms. The van der Waals surface area contributed by atoms with Crippen LogP contribution in [0.5, 0.6) is 0 Å². The molecule has 0 saturated carbocycles. The molecule has 0 saturated heterocycles. The standard InChI is InChI=1S/C59H34N6O2/c1-2-12-46(13-3-1)65-51-27-26-43(33-47(51)48-32-35-10-4-5-11-36(35)34-52(48)65)57-63-55(41-22-18-39-30-44(24-20-37(39)28-41)58-60-49-14-6-8-16-53(49)66-58)62-56(64-57)42-23-19-40-31-45(25-21-38(40)29-42)59-61-50-15-7-9-17-54(50)67-59/h1-34H. The van der Waals surface area contributed by atoms with Gasteiger partial charge in [0.05, 0.1) is 11.0 Å². The van der Waals surface area contributed by atoms with E-state index in [2.05, 4.69) is 162 Å². The molecule has 312 valence electrons. The van der Waals surface area contributed by atoms with Crippen LogP contribution in [0.3, 0.4) is 0 Å². The smallest absolute Gasteiger partial charge is 0.227 e. The Hall–Kier alpha value is -9.27. The van der Waals surface area contributed by atoms with E-state index in [0.717, 1.165) is 99.1 Å². The lowest BCUT2D eigenvalue weighted by molar-refractivity contribution is 0.619. The van der Waals surface area contributed by atoms with Gasteiger partial charge in [-0.05, 0) is 135 Å². The Bertz CT molecular complexity index is 4060. The fourth-order valence-electron chi connectivity index (χ4n) is 9.49. The zero-order chi connectivity index (χ0) is 44.0. The third-order valence-corrected chi connectivity index (χ3v) is 12.8. The van der Waals surface area contributed by atoms with Crippen molar-refractivity contribution in [1.29, 1.82) is 0 Å². The summed E-state index contributed by atoms with van der Waals surface area (Å²) < 4.78 is 14.6. The predicted molar refractivity (Wildman–Crippen MR) is 269 cm³/mol. The van der Waals surface area contributed by atoms with Crippen molar-refractivity contribution in [3.8, 4) is 62.8 Å². The van der Waals surface area contributed by atoms with Crippen LogP contribution in [0, 0.1) is 0 Å². The third-order valence-electron chi connectivity index (χ3n) is 12.8. The summed E-state index contributed by atoms with van der Waals surface area (Å²) in [7, 11) is 0. The third kappa shape index (κ3) is 6.26. The molecule has 10 aromatic carbocycles. The average Bonchev–Trinajstić information content (AvgIpc) is 4.11. The molecule has 14 rings (SSSR count). The number of hydrogen-bond donors (Lipinski definition) is 0. The van der Waals surface area contributed by atoms with Gasteiger partial charge in [0.2, 0.25) is 11.8 Å². The van der Waals surface area contributed by atoms with Crippen molar-refractivity contribution >= 4 is 76.3 Å². The van der Waals surface area contributed by atoms with Gasteiger partial charge in [-0.2, -0.15) is 0 Å². The van der Waals surface area contributed by atoms with Crippen LogP contribution in [0.2, 0.25) is 0 Å². The SMILES string of the molecule is c1ccc(-n2c3ccc(-c4nc(-c5ccc6cc(-c7nc8ccccc8o7)ccc6c5)nc(-c5ccc6cc(-c7nc8ccccc8o7)ccc6c5)n4)cc3c3cc4ccccc4cc32)cc1. The number of para-hydroxylation sites is 5. The molecule has 4 aromatic heterocycles. The summed E-state index contributed by atoms with van der Waals surface area (Å²) in [5.74, 6) is 2.92. The summed E-state index contributed by atoms with van der Waals surface area (Å²) in [4.78, 5) is 25.2. The lowest BCUT2D eigenvalue weighted by atomic mass is 10.0. The van der Waals surface area contributed by atoms with Crippen LogP contribution in [0.1, 0.15) is 0 Å². The molecule has 0 fully saturated rings. The molecule has 0 amide bonds. The second-order valence-electron chi connectivity index (χ2n) is 17.0.